The molecule has 0 aliphatic heterocycles. The van der Waals surface area contributed by atoms with E-state index >= 15 is 0 Å². The van der Waals surface area contributed by atoms with E-state index in [4.69, 9.17) is 28.2 Å². The maximum atomic E-state index is 6.50. The summed E-state index contributed by atoms with van der Waals surface area (Å²) >= 11 is 14.2. The van der Waals surface area contributed by atoms with Gasteiger partial charge in [-0.25, -0.2) is 4.99 Å². The molecule has 0 saturated carbocycles. The monoisotopic (exact) mass is 424 g/mol. The molecule has 140 valence electrons. The number of rotatable bonds is 5. The third-order valence-corrected chi connectivity index (χ3v) is 5.86. The molecule has 3 aromatic carbocycles. The molecule has 0 amide bonds. The van der Waals surface area contributed by atoms with Gasteiger partial charge in [0.2, 0.25) is 0 Å². The highest BCUT2D eigenvalue weighted by Gasteiger charge is 2.12. The first-order chi connectivity index (χ1) is 13.7. The molecular formula is C23H18Cl2N2S. The summed E-state index contributed by atoms with van der Waals surface area (Å²) in [6.45, 7) is 0.813. The lowest BCUT2D eigenvalue weighted by Gasteiger charge is -2.11. The summed E-state index contributed by atoms with van der Waals surface area (Å²) in [5.74, 6) is 0. The van der Waals surface area contributed by atoms with Gasteiger partial charge in [-0.05, 0) is 42.3 Å². The highest BCUT2D eigenvalue weighted by molar-refractivity contribution is 7.07. The van der Waals surface area contributed by atoms with E-state index in [0.717, 1.165) is 34.7 Å². The van der Waals surface area contributed by atoms with E-state index in [1.807, 2.05) is 48.5 Å². The van der Waals surface area contributed by atoms with E-state index in [2.05, 4.69) is 34.2 Å². The molecule has 1 aromatic heterocycles. The van der Waals surface area contributed by atoms with Crippen molar-refractivity contribution in [1.29, 1.82) is 0 Å². The van der Waals surface area contributed by atoms with Gasteiger partial charge >= 0.3 is 0 Å². The van der Waals surface area contributed by atoms with Gasteiger partial charge in [0, 0.05) is 22.5 Å². The molecule has 0 aliphatic rings. The number of aromatic nitrogens is 1. The molecule has 0 fully saturated rings. The third kappa shape index (κ3) is 4.39. The smallest absolute Gasteiger partial charge is 0.190 e. The second-order valence-electron chi connectivity index (χ2n) is 6.36. The Morgan fingerprint density at radius 1 is 0.857 bits per heavy atom. The van der Waals surface area contributed by atoms with Gasteiger partial charge in [0.1, 0.15) is 0 Å². The van der Waals surface area contributed by atoms with Crippen molar-refractivity contribution >= 4 is 40.2 Å². The van der Waals surface area contributed by atoms with Gasteiger partial charge in [0.25, 0.3) is 0 Å². The summed E-state index contributed by atoms with van der Waals surface area (Å²) in [4.78, 5) is 5.81. The van der Waals surface area contributed by atoms with Crippen LogP contribution in [0.1, 0.15) is 5.56 Å². The predicted molar refractivity (Wildman–Crippen MR) is 120 cm³/mol. The van der Waals surface area contributed by atoms with Crippen LogP contribution in [0.4, 0.5) is 5.69 Å². The van der Waals surface area contributed by atoms with Crippen molar-refractivity contribution in [2.24, 2.45) is 4.99 Å². The Balaban J connectivity index is 1.79. The van der Waals surface area contributed by atoms with Gasteiger partial charge in [-0.1, -0.05) is 71.7 Å². The number of thiazole rings is 1. The minimum Gasteiger partial charge on any atom is -0.316 e. The van der Waals surface area contributed by atoms with Crippen molar-refractivity contribution in [2.45, 2.75) is 13.0 Å². The van der Waals surface area contributed by atoms with Crippen LogP contribution in [-0.2, 0) is 13.0 Å². The molecule has 0 aliphatic carbocycles. The Bertz CT molecular complexity index is 1130. The first kappa shape index (κ1) is 19.0. The van der Waals surface area contributed by atoms with Crippen LogP contribution in [0.2, 0.25) is 10.0 Å². The molecule has 0 atom stereocenters. The molecule has 4 rings (SSSR count). The topological polar surface area (TPSA) is 17.3 Å². The summed E-state index contributed by atoms with van der Waals surface area (Å²) in [5.41, 5.74) is 4.24. The number of nitrogens with zero attached hydrogens (tertiary/aromatic N) is 2. The molecule has 0 bridgehead atoms. The van der Waals surface area contributed by atoms with E-state index in [0.29, 0.717) is 10.0 Å². The van der Waals surface area contributed by atoms with Gasteiger partial charge < -0.3 is 4.57 Å². The number of benzene rings is 3. The lowest BCUT2D eigenvalue weighted by Crippen LogP contribution is -2.17. The molecule has 0 unspecified atom stereocenters. The molecule has 2 nitrogen and oxygen atoms in total. The van der Waals surface area contributed by atoms with Crippen LogP contribution in [0.3, 0.4) is 0 Å². The summed E-state index contributed by atoms with van der Waals surface area (Å²) in [6, 6.07) is 26.1. The van der Waals surface area contributed by atoms with Gasteiger partial charge in [-0.15, -0.1) is 11.3 Å². The maximum absolute atomic E-state index is 6.50. The molecular weight excluding hydrogens is 407 g/mol. The summed E-state index contributed by atoms with van der Waals surface area (Å²) in [6.07, 6.45) is 0.914. The van der Waals surface area contributed by atoms with Gasteiger partial charge in [-0.3, -0.25) is 0 Å². The molecule has 28 heavy (non-hydrogen) atoms. The Hall–Kier alpha value is -2.33. The van der Waals surface area contributed by atoms with Crippen molar-refractivity contribution in [3.63, 3.8) is 0 Å². The number of halogens is 2. The molecule has 0 spiro atoms. The van der Waals surface area contributed by atoms with Crippen molar-refractivity contribution < 1.29 is 0 Å². The largest absolute Gasteiger partial charge is 0.316 e. The zero-order valence-corrected chi connectivity index (χ0v) is 17.4. The van der Waals surface area contributed by atoms with E-state index in [-0.39, 0.29) is 0 Å². The van der Waals surface area contributed by atoms with Crippen LogP contribution in [0.15, 0.2) is 89.2 Å². The standard InChI is InChI=1S/C23H18Cl2N2S/c24-18-11-12-20(21(25)15-18)22-16-28-23(26-19-9-5-2-6-10-19)27(22)14-13-17-7-3-1-4-8-17/h1-12,15-16H,13-14H2. The van der Waals surface area contributed by atoms with Crippen LogP contribution >= 0.6 is 34.5 Å². The molecule has 5 heteroatoms. The van der Waals surface area contributed by atoms with Crippen molar-refractivity contribution in [1.82, 2.24) is 4.57 Å². The van der Waals surface area contributed by atoms with Crippen LogP contribution in [0.5, 0.6) is 0 Å². The summed E-state index contributed by atoms with van der Waals surface area (Å²) in [7, 11) is 0. The third-order valence-electron chi connectivity index (χ3n) is 4.45. The number of hydrogen-bond acceptors (Lipinski definition) is 2. The Morgan fingerprint density at radius 2 is 1.57 bits per heavy atom. The Morgan fingerprint density at radius 3 is 2.29 bits per heavy atom. The minimum atomic E-state index is 0.633. The Kier molecular flexibility index (Phi) is 5.96. The molecule has 1 heterocycles. The van der Waals surface area contributed by atoms with Crippen molar-refractivity contribution in [3.05, 3.63) is 105 Å². The fourth-order valence-electron chi connectivity index (χ4n) is 3.05. The van der Waals surface area contributed by atoms with Crippen LogP contribution in [0, 0.1) is 0 Å². The highest BCUT2D eigenvalue weighted by atomic mass is 35.5. The van der Waals surface area contributed by atoms with E-state index in [9.17, 15) is 0 Å². The second kappa shape index (κ2) is 8.78. The summed E-state index contributed by atoms with van der Waals surface area (Å²) < 4.78 is 2.24. The first-order valence-electron chi connectivity index (χ1n) is 8.98. The van der Waals surface area contributed by atoms with Crippen LogP contribution < -0.4 is 4.80 Å². The second-order valence-corrected chi connectivity index (χ2v) is 8.04. The first-order valence-corrected chi connectivity index (χ1v) is 10.6. The summed E-state index contributed by atoms with van der Waals surface area (Å²) in [5, 5.41) is 3.39. The van der Waals surface area contributed by atoms with Crippen molar-refractivity contribution in [2.75, 3.05) is 0 Å². The van der Waals surface area contributed by atoms with E-state index in [1.54, 1.807) is 17.4 Å². The fourth-order valence-corrected chi connectivity index (χ4v) is 4.50. The molecule has 4 aromatic rings. The molecule has 0 N–H and O–H groups in total. The fraction of sp³-hybridized carbons (Fsp3) is 0.0870. The maximum Gasteiger partial charge on any atom is 0.190 e. The van der Waals surface area contributed by atoms with Gasteiger partial charge in [-0.2, -0.15) is 0 Å². The average molecular weight is 425 g/mol. The minimum absolute atomic E-state index is 0.633. The normalized spacial score (nSPS) is 11.7. The number of aryl methyl sites for hydroxylation is 1. The Labute approximate surface area is 178 Å². The molecule has 0 saturated heterocycles. The van der Waals surface area contributed by atoms with Gasteiger partial charge in [0.05, 0.1) is 16.4 Å². The number of para-hydroxylation sites is 1. The van der Waals surface area contributed by atoms with Crippen LogP contribution in [0.25, 0.3) is 11.3 Å². The lowest BCUT2D eigenvalue weighted by molar-refractivity contribution is 0.684. The van der Waals surface area contributed by atoms with E-state index in [1.165, 1.54) is 5.56 Å². The highest BCUT2D eigenvalue weighted by Crippen LogP contribution is 2.31. The molecule has 0 radical (unpaired) electrons. The van der Waals surface area contributed by atoms with Crippen LogP contribution in [-0.4, -0.2) is 4.57 Å². The SMILES string of the molecule is Clc1ccc(-c2csc(=Nc3ccccc3)n2CCc2ccccc2)c(Cl)c1. The van der Waals surface area contributed by atoms with Gasteiger partial charge in [0.15, 0.2) is 4.80 Å². The van der Waals surface area contributed by atoms with E-state index < -0.39 is 0 Å². The quantitative estimate of drug-likeness (QED) is 0.328. The zero-order chi connectivity index (χ0) is 19.3. The number of hydrogen-bond donors (Lipinski definition) is 0. The predicted octanol–water partition coefficient (Wildman–Crippen LogP) is 7.00. The van der Waals surface area contributed by atoms with Crippen molar-refractivity contribution in [3.8, 4) is 11.3 Å². The lowest BCUT2D eigenvalue weighted by atomic mass is 10.1. The average Bonchev–Trinajstić information content (AvgIpc) is 3.10. The zero-order valence-electron chi connectivity index (χ0n) is 15.1.